The van der Waals surface area contributed by atoms with Crippen LogP contribution in [0.3, 0.4) is 0 Å². The Morgan fingerprint density at radius 2 is 1.90 bits per heavy atom. The number of anilines is 1. The SMILES string of the molecule is Cc1c(Cl)ccc2sc(N(CCCN3CCOCC3)C(=O)c3ccccc3Cl)nc12.Cl. The molecule has 1 aliphatic rings. The lowest BCUT2D eigenvalue weighted by Gasteiger charge is -2.27. The number of hydrogen-bond acceptors (Lipinski definition) is 5. The number of benzene rings is 2. The second kappa shape index (κ2) is 10.9. The average Bonchev–Trinajstić information content (AvgIpc) is 3.19. The zero-order valence-electron chi connectivity index (χ0n) is 17.1. The number of ether oxygens (including phenoxy) is 1. The fourth-order valence-electron chi connectivity index (χ4n) is 3.55. The van der Waals surface area contributed by atoms with Crippen LogP contribution in [0.5, 0.6) is 0 Å². The number of aromatic nitrogens is 1. The third-order valence-electron chi connectivity index (χ3n) is 5.28. The molecule has 0 saturated carbocycles. The van der Waals surface area contributed by atoms with Gasteiger partial charge in [0.1, 0.15) is 0 Å². The highest BCUT2D eigenvalue weighted by atomic mass is 35.5. The highest BCUT2D eigenvalue weighted by Crippen LogP contribution is 2.34. The maximum Gasteiger partial charge on any atom is 0.261 e. The Kier molecular flexibility index (Phi) is 8.56. The van der Waals surface area contributed by atoms with Gasteiger partial charge in [-0.05, 0) is 43.2 Å². The summed E-state index contributed by atoms with van der Waals surface area (Å²) in [4.78, 5) is 22.3. The molecule has 5 nitrogen and oxygen atoms in total. The molecule has 0 aliphatic carbocycles. The normalized spacial score (nSPS) is 14.4. The minimum Gasteiger partial charge on any atom is -0.379 e. The highest BCUT2D eigenvalue weighted by molar-refractivity contribution is 7.22. The van der Waals surface area contributed by atoms with Gasteiger partial charge in [0.25, 0.3) is 5.91 Å². The van der Waals surface area contributed by atoms with Crippen molar-refractivity contribution in [2.24, 2.45) is 0 Å². The molecule has 166 valence electrons. The molecule has 2 aromatic carbocycles. The van der Waals surface area contributed by atoms with E-state index in [0.717, 1.165) is 55.0 Å². The second-order valence-electron chi connectivity index (χ2n) is 7.26. The van der Waals surface area contributed by atoms with Crippen LogP contribution in [0.15, 0.2) is 36.4 Å². The van der Waals surface area contributed by atoms with E-state index in [9.17, 15) is 4.79 Å². The van der Waals surface area contributed by atoms with E-state index >= 15 is 0 Å². The van der Waals surface area contributed by atoms with E-state index in [2.05, 4.69) is 4.90 Å². The quantitative estimate of drug-likeness (QED) is 0.435. The standard InChI is InChI=1S/C22H23Cl2N3O2S.ClH/c1-15-17(23)7-8-19-20(15)25-22(30-19)27(10-4-9-26-11-13-29-14-12-26)21(28)16-5-2-3-6-18(16)24;/h2-3,5-8H,4,9-14H2,1H3;1H. The van der Waals surface area contributed by atoms with Gasteiger partial charge in [-0.25, -0.2) is 4.98 Å². The summed E-state index contributed by atoms with van der Waals surface area (Å²) in [5.74, 6) is -0.134. The van der Waals surface area contributed by atoms with E-state index in [1.807, 2.05) is 31.2 Å². The molecule has 0 atom stereocenters. The van der Waals surface area contributed by atoms with E-state index in [1.54, 1.807) is 17.0 Å². The van der Waals surface area contributed by atoms with Crippen LogP contribution < -0.4 is 4.90 Å². The Balaban J connectivity index is 0.00000272. The lowest BCUT2D eigenvalue weighted by molar-refractivity contribution is 0.0376. The maximum atomic E-state index is 13.4. The third kappa shape index (κ3) is 5.51. The molecule has 0 unspecified atom stereocenters. The number of halogens is 3. The summed E-state index contributed by atoms with van der Waals surface area (Å²) in [6.45, 7) is 6.81. The van der Waals surface area contributed by atoms with E-state index in [-0.39, 0.29) is 18.3 Å². The Hall–Kier alpha value is -1.41. The van der Waals surface area contributed by atoms with Crippen LogP contribution in [-0.2, 0) is 4.74 Å². The van der Waals surface area contributed by atoms with E-state index in [1.165, 1.54) is 11.3 Å². The Labute approximate surface area is 202 Å². The minimum absolute atomic E-state index is 0. The van der Waals surface area contributed by atoms with Crippen LogP contribution in [-0.4, -0.2) is 55.2 Å². The summed E-state index contributed by atoms with van der Waals surface area (Å²) >= 11 is 14.1. The molecule has 1 aliphatic heterocycles. The van der Waals surface area contributed by atoms with Crippen molar-refractivity contribution < 1.29 is 9.53 Å². The molecule has 31 heavy (non-hydrogen) atoms. The van der Waals surface area contributed by atoms with Gasteiger partial charge < -0.3 is 4.74 Å². The molecule has 2 heterocycles. The van der Waals surface area contributed by atoms with Gasteiger partial charge in [0.15, 0.2) is 5.13 Å². The molecule has 1 aromatic heterocycles. The molecular formula is C22H24Cl3N3O2S. The number of rotatable bonds is 6. The van der Waals surface area contributed by atoms with Crippen LogP contribution in [0.4, 0.5) is 5.13 Å². The largest absolute Gasteiger partial charge is 0.379 e. The second-order valence-corrected chi connectivity index (χ2v) is 9.08. The third-order valence-corrected chi connectivity index (χ3v) is 7.06. The van der Waals surface area contributed by atoms with Crippen molar-refractivity contribution in [2.75, 3.05) is 44.3 Å². The summed E-state index contributed by atoms with van der Waals surface area (Å²) < 4.78 is 6.43. The van der Waals surface area contributed by atoms with Crippen LogP contribution >= 0.6 is 46.9 Å². The number of aryl methyl sites for hydroxylation is 1. The molecule has 1 saturated heterocycles. The first-order chi connectivity index (χ1) is 14.5. The minimum atomic E-state index is -0.134. The first-order valence-electron chi connectivity index (χ1n) is 9.97. The Bertz CT molecular complexity index is 1050. The van der Waals surface area contributed by atoms with Gasteiger partial charge in [-0.3, -0.25) is 14.6 Å². The fraction of sp³-hybridized carbons (Fsp3) is 0.364. The molecule has 1 amide bonds. The summed E-state index contributed by atoms with van der Waals surface area (Å²) in [7, 11) is 0. The number of carbonyl (C=O) groups is 1. The van der Waals surface area contributed by atoms with Gasteiger partial charge in [0.2, 0.25) is 0 Å². The number of thiazole rings is 1. The van der Waals surface area contributed by atoms with Crippen molar-refractivity contribution in [3.63, 3.8) is 0 Å². The van der Waals surface area contributed by atoms with E-state index in [4.69, 9.17) is 32.9 Å². The lowest BCUT2D eigenvalue weighted by atomic mass is 10.2. The van der Waals surface area contributed by atoms with Crippen LogP contribution in [0.2, 0.25) is 10.0 Å². The van der Waals surface area contributed by atoms with Gasteiger partial charge in [-0.2, -0.15) is 0 Å². The number of fused-ring (bicyclic) bond motifs is 1. The average molecular weight is 501 g/mol. The topological polar surface area (TPSA) is 45.7 Å². The van der Waals surface area contributed by atoms with Crippen molar-refractivity contribution >= 4 is 68.2 Å². The van der Waals surface area contributed by atoms with Crippen molar-refractivity contribution in [2.45, 2.75) is 13.3 Å². The van der Waals surface area contributed by atoms with Crippen molar-refractivity contribution in [3.05, 3.63) is 57.6 Å². The molecule has 0 N–H and O–H groups in total. The molecular weight excluding hydrogens is 477 g/mol. The van der Waals surface area contributed by atoms with Crippen molar-refractivity contribution in [3.8, 4) is 0 Å². The predicted molar refractivity (Wildman–Crippen MR) is 132 cm³/mol. The Morgan fingerprint density at radius 3 is 2.65 bits per heavy atom. The smallest absolute Gasteiger partial charge is 0.261 e. The molecule has 4 rings (SSSR count). The molecule has 0 bridgehead atoms. The fourth-order valence-corrected chi connectivity index (χ4v) is 4.96. The van der Waals surface area contributed by atoms with Gasteiger partial charge in [0, 0.05) is 31.2 Å². The number of carbonyl (C=O) groups excluding carboxylic acids is 1. The first kappa shape index (κ1) is 24.2. The van der Waals surface area contributed by atoms with Gasteiger partial charge >= 0.3 is 0 Å². The summed E-state index contributed by atoms with van der Waals surface area (Å²) in [5, 5.41) is 1.79. The first-order valence-corrected chi connectivity index (χ1v) is 11.5. The monoisotopic (exact) mass is 499 g/mol. The van der Waals surface area contributed by atoms with Crippen molar-refractivity contribution in [1.82, 2.24) is 9.88 Å². The molecule has 0 spiro atoms. The molecule has 1 fully saturated rings. The number of amides is 1. The van der Waals surface area contributed by atoms with Gasteiger partial charge in [-0.1, -0.05) is 46.7 Å². The molecule has 0 radical (unpaired) electrons. The number of morpholine rings is 1. The van der Waals surface area contributed by atoms with Crippen LogP contribution in [0.25, 0.3) is 10.2 Å². The highest BCUT2D eigenvalue weighted by Gasteiger charge is 2.24. The summed E-state index contributed by atoms with van der Waals surface area (Å²) in [6.07, 6.45) is 0.839. The summed E-state index contributed by atoms with van der Waals surface area (Å²) in [6, 6.07) is 11.0. The van der Waals surface area contributed by atoms with E-state index in [0.29, 0.717) is 27.3 Å². The van der Waals surface area contributed by atoms with E-state index < -0.39 is 0 Å². The lowest BCUT2D eigenvalue weighted by Crippen LogP contribution is -2.39. The molecule has 9 heteroatoms. The number of nitrogens with zero attached hydrogens (tertiary/aromatic N) is 3. The Morgan fingerprint density at radius 1 is 1.16 bits per heavy atom. The van der Waals surface area contributed by atoms with Crippen molar-refractivity contribution in [1.29, 1.82) is 0 Å². The maximum absolute atomic E-state index is 13.4. The van der Waals surface area contributed by atoms with Crippen LogP contribution in [0, 0.1) is 6.92 Å². The van der Waals surface area contributed by atoms with Gasteiger partial charge in [0.05, 0.1) is 34.0 Å². The van der Waals surface area contributed by atoms with Gasteiger partial charge in [-0.15, -0.1) is 12.4 Å². The summed E-state index contributed by atoms with van der Waals surface area (Å²) in [5.41, 5.74) is 2.25. The predicted octanol–water partition coefficient (Wildman–Crippen LogP) is 5.70. The number of hydrogen-bond donors (Lipinski definition) is 0. The molecule has 3 aromatic rings. The van der Waals surface area contributed by atoms with Crippen LogP contribution in [0.1, 0.15) is 22.3 Å². The zero-order chi connectivity index (χ0) is 21.1. The zero-order valence-corrected chi connectivity index (χ0v) is 20.3.